The Morgan fingerprint density at radius 3 is 3.12 bits per heavy atom. The molecular formula is C10H12N4O3. The lowest BCUT2D eigenvalue weighted by atomic mass is 10.2. The molecule has 0 aromatic carbocycles. The van der Waals surface area contributed by atoms with Crippen molar-refractivity contribution in [1.82, 2.24) is 15.3 Å². The second-order valence-corrected chi connectivity index (χ2v) is 3.61. The van der Waals surface area contributed by atoms with Gasteiger partial charge in [0.1, 0.15) is 5.82 Å². The van der Waals surface area contributed by atoms with E-state index in [4.69, 9.17) is 0 Å². The zero-order valence-corrected chi connectivity index (χ0v) is 9.27. The molecule has 7 nitrogen and oxygen atoms in total. The summed E-state index contributed by atoms with van der Waals surface area (Å²) < 4.78 is 4.52. The molecular weight excluding hydrogens is 224 g/mol. The Balaban J connectivity index is 2.06. The van der Waals surface area contributed by atoms with Gasteiger partial charge in [0.2, 0.25) is 11.7 Å². The topological polar surface area (TPSA) is 93.2 Å². The van der Waals surface area contributed by atoms with Crippen molar-refractivity contribution in [3.05, 3.63) is 18.1 Å². The van der Waals surface area contributed by atoms with Crippen molar-refractivity contribution in [2.75, 3.05) is 19.0 Å². The highest BCUT2D eigenvalue weighted by atomic mass is 16.5. The van der Waals surface area contributed by atoms with E-state index in [0.29, 0.717) is 18.8 Å². The molecule has 90 valence electrons. The quantitative estimate of drug-likeness (QED) is 0.691. The van der Waals surface area contributed by atoms with Crippen LogP contribution in [0.1, 0.15) is 17.0 Å². The van der Waals surface area contributed by atoms with E-state index >= 15 is 0 Å². The van der Waals surface area contributed by atoms with Gasteiger partial charge in [-0.25, -0.2) is 14.8 Å². The van der Waals surface area contributed by atoms with Crippen LogP contribution in [-0.2, 0) is 9.53 Å². The van der Waals surface area contributed by atoms with E-state index in [1.54, 1.807) is 6.07 Å². The van der Waals surface area contributed by atoms with E-state index in [2.05, 4.69) is 25.3 Å². The summed E-state index contributed by atoms with van der Waals surface area (Å²) in [4.78, 5) is 30.0. The smallest absolute Gasteiger partial charge is 0.376 e. The lowest BCUT2D eigenvalue weighted by Gasteiger charge is -2.10. The number of nitrogens with zero attached hydrogens (tertiary/aromatic N) is 2. The van der Waals surface area contributed by atoms with Crippen LogP contribution < -0.4 is 10.6 Å². The maximum absolute atomic E-state index is 11.2. The number of aromatic nitrogens is 2. The van der Waals surface area contributed by atoms with Gasteiger partial charge in [0, 0.05) is 19.2 Å². The predicted molar refractivity (Wildman–Crippen MR) is 58.4 cm³/mol. The van der Waals surface area contributed by atoms with Crippen LogP contribution in [-0.4, -0.2) is 41.5 Å². The molecule has 7 heteroatoms. The highest BCUT2D eigenvalue weighted by molar-refractivity contribution is 5.85. The molecule has 0 radical (unpaired) electrons. The van der Waals surface area contributed by atoms with Gasteiger partial charge in [0.05, 0.1) is 13.2 Å². The third-order valence-corrected chi connectivity index (χ3v) is 2.35. The number of hydrogen-bond acceptors (Lipinski definition) is 6. The summed E-state index contributed by atoms with van der Waals surface area (Å²) in [6, 6.07) is 1.62. The van der Waals surface area contributed by atoms with E-state index in [0.717, 1.165) is 0 Å². The third-order valence-electron chi connectivity index (χ3n) is 2.35. The second-order valence-electron chi connectivity index (χ2n) is 3.61. The largest absolute Gasteiger partial charge is 0.463 e. The zero-order chi connectivity index (χ0) is 12.3. The third kappa shape index (κ3) is 2.68. The number of carbonyl (C=O) groups excluding carboxylic acids is 2. The van der Waals surface area contributed by atoms with Gasteiger partial charge >= 0.3 is 5.97 Å². The van der Waals surface area contributed by atoms with Crippen molar-refractivity contribution in [2.45, 2.75) is 12.5 Å². The van der Waals surface area contributed by atoms with Crippen molar-refractivity contribution in [3.8, 4) is 0 Å². The van der Waals surface area contributed by atoms with Gasteiger partial charge in [-0.2, -0.15) is 0 Å². The highest BCUT2D eigenvalue weighted by Gasteiger charge is 2.21. The number of nitrogens with one attached hydrogen (secondary N) is 2. The summed E-state index contributed by atoms with van der Waals surface area (Å²) in [6.07, 6.45) is 1.86. The summed E-state index contributed by atoms with van der Waals surface area (Å²) in [6.45, 7) is 0.552. The number of amides is 1. The van der Waals surface area contributed by atoms with Gasteiger partial charge in [-0.3, -0.25) is 4.79 Å². The number of hydrogen-bond donors (Lipinski definition) is 2. The van der Waals surface area contributed by atoms with Gasteiger partial charge in [-0.1, -0.05) is 0 Å². The first-order valence-corrected chi connectivity index (χ1v) is 5.13. The Labute approximate surface area is 97.6 Å². The number of carbonyl (C=O) groups is 2. The molecule has 2 heterocycles. The van der Waals surface area contributed by atoms with Crippen molar-refractivity contribution in [1.29, 1.82) is 0 Å². The van der Waals surface area contributed by atoms with Crippen LogP contribution in [0.25, 0.3) is 0 Å². The fourth-order valence-electron chi connectivity index (χ4n) is 1.55. The molecule has 1 saturated heterocycles. The number of esters is 1. The molecule has 0 spiro atoms. The summed E-state index contributed by atoms with van der Waals surface area (Å²) in [5, 5.41) is 5.75. The second kappa shape index (κ2) is 4.77. The van der Waals surface area contributed by atoms with E-state index in [1.165, 1.54) is 13.3 Å². The molecule has 0 aliphatic carbocycles. The molecule has 1 amide bonds. The van der Waals surface area contributed by atoms with Crippen LogP contribution in [0.2, 0.25) is 0 Å². The summed E-state index contributed by atoms with van der Waals surface area (Å²) >= 11 is 0. The molecule has 1 aromatic heterocycles. The minimum absolute atomic E-state index is 0.00440. The number of methoxy groups -OCH3 is 1. The summed E-state index contributed by atoms with van der Waals surface area (Å²) in [5.74, 6) is -0.0873. The molecule has 0 bridgehead atoms. The Kier molecular flexibility index (Phi) is 3.17. The fourth-order valence-corrected chi connectivity index (χ4v) is 1.55. The molecule has 1 unspecified atom stereocenters. The monoisotopic (exact) mass is 236 g/mol. The molecule has 2 rings (SSSR count). The molecule has 1 aliphatic rings. The first-order valence-electron chi connectivity index (χ1n) is 5.13. The Hall–Kier alpha value is -2.18. The highest BCUT2D eigenvalue weighted by Crippen LogP contribution is 2.09. The van der Waals surface area contributed by atoms with Gasteiger partial charge in [0.25, 0.3) is 0 Å². The van der Waals surface area contributed by atoms with E-state index in [9.17, 15) is 9.59 Å². The lowest BCUT2D eigenvalue weighted by molar-refractivity contribution is -0.119. The summed E-state index contributed by atoms with van der Waals surface area (Å²) in [5.41, 5.74) is 0. The Morgan fingerprint density at radius 1 is 1.65 bits per heavy atom. The van der Waals surface area contributed by atoms with Crippen molar-refractivity contribution in [2.24, 2.45) is 0 Å². The van der Waals surface area contributed by atoms with Gasteiger partial charge in [0.15, 0.2) is 0 Å². The predicted octanol–water partition coefficient (Wildman–Crippen LogP) is -0.436. The Bertz CT molecular complexity index is 449. The SMILES string of the molecule is COC(=O)c1nccc(NC2CNC(=O)C2)n1. The molecule has 0 saturated carbocycles. The van der Waals surface area contributed by atoms with Crippen LogP contribution in [0, 0.1) is 0 Å². The van der Waals surface area contributed by atoms with Crippen molar-refractivity contribution >= 4 is 17.7 Å². The van der Waals surface area contributed by atoms with Gasteiger partial charge in [-0.05, 0) is 6.07 Å². The average Bonchev–Trinajstić information content (AvgIpc) is 2.74. The zero-order valence-electron chi connectivity index (χ0n) is 9.27. The normalized spacial score (nSPS) is 18.6. The Morgan fingerprint density at radius 2 is 2.47 bits per heavy atom. The minimum atomic E-state index is -0.589. The summed E-state index contributed by atoms with van der Waals surface area (Å²) in [7, 11) is 1.27. The molecule has 1 aromatic rings. The van der Waals surface area contributed by atoms with Gasteiger partial charge < -0.3 is 15.4 Å². The van der Waals surface area contributed by atoms with Gasteiger partial charge in [-0.15, -0.1) is 0 Å². The van der Waals surface area contributed by atoms with Crippen LogP contribution in [0.4, 0.5) is 5.82 Å². The molecule has 1 aliphatic heterocycles. The average molecular weight is 236 g/mol. The fraction of sp³-hybridized carbons (Fsp3) is 0.400. The first kappa shape index (κ1) is 11.3. The van der Waals surface area contributed by atoms with E-state index in [1.807, 2.05) is 0 Å². The van der Waals surface area contributed by atoms with Crippen molar-refractivity contribution in [3.63, 3.8) is 0 Å². The molecule has 2 N–H and O–H groups in total. The maximum atomic E-state index is 11.2. The van der Waals surface area contributed by atoms with Crippen LogP contribution in [0.5, 0.6) is 0 Å². The maximum Gasteiger partial charge on any atom is 0.376 e. The van der Waals surface area contributed by atoms with Crippen LogP contribution >= 0.6 is 0 Å². The number of rotatable bonds is 3. The molecule has 17 heavy (non-hydrogen) atoms. The first-order chi connectivity index (χ1) is 8.19. The van der Waals surface area contributed by atoms with Crippen LogP contribution in [0.3, 0.4) is 0 Å². The lowest BCUT2D eigenvalue weighted by Crippen LogP contribution is -2.23. The van der Waals surface area contributed by atoms with Crippen LogP contribution in [0.15, 0.2) is 12.3 Å². The standard InChI is InChI=1S/C10H12N4O3/c1-17-10(16)9-11-3-2-7(14-9)13-6-4-8(15)12-5-6/h2-3,6H,4-5H2,1H3,(H,12,15)(H,11,13,14). The van der Waals surface area contributed by atoms with Crippen molar-refractivity contribution < 1.29 is 14.3 Å². The minimum Gasteiger partial charge on any atom is -0.463 e. The molecule has 1 fully saturated rings. The van der Waals surface area contributed by atoms with E-state index in [-0.39, 0.29) is 17.8 Å². The van der Waals surface area contributed by atoms with E-state index < -0.39 is 5.97 Å². The number of anilines is 1. The number of ether oxygens (including phenoxy) is 1. The molecule has 1 atom stereocenters.